The number of carbonyl (C=O) groups is 1. The van der Waals surface area contributed by atoms with Gasteiger partial charge in [-0.3, -0.25) is 24.7 Å². The summed E-state index contributed by atoms with van der Waals surface area (Å²) in [4.78, 5) is 27.4. The van der Waals surface area contributed by atoms with E-state index in [1.165, 1.54) is 11.6 Å². The molecule has 0 spiro atoms. The van der Waals surface area contributed by atoms with Gasteiger partial charge in [-0.1, -0.05) is 42.5 Å². The number of H-pyrrole nitrogens is 2. The normalized spacial score (nSPS) is 16.1. The molecule has 0 saturated carbocycles. The van der Waals surface area contributed by atoms with Crippen molar-refractivity contribution in [2.24, 2.45) is 0 Å². The summed E-state index contributed by atoms with van der Waals surface area (Å²) >= 11 is 0. The highest BCUT2D eigenvalue weighted by Crippen LogP contribution is 2.07. The quantitative estimate of drug-likeness (QED) is 0.890. The number of amides is 1. The Morgan fingerprint density at radius 3 is 2.48 bits per heavy atom. The van der Waals surface area contributed by atoms with Gasteiger partial charge < -0.3 is 4.90 Å². The number of carbonyl (C=O) groups excluding carboxylic acids is 1. The first kappa shape index (κ1) is 15.3. The van der Waals surface area contributed by atoms with E-state index in [1.54, 1.807) is 4.90 Å². The molecule has 6 heteroatoms. The lowest BCUT2D eigenvalue weighted by Gasteiger charge is -2.33. The maximum absolute atomic E-state index is 12.2. The summed E-state index contributed by atoms with van der Waals surface area (Å²) in [6.07, 6.45) is 4.26. The largest absolute Gasteiger partial charge is 0.335 e. The molecule has 1 amide bonds. The van der Waals surface area contributed by atoms with Gasteiger partial charge in [0, 0.05) is 38.8 Å². The highest BCUT2D eigenvalue weighted by molar-refractivity contribution is 5.92. The van der Waals surface area contributed by atoms with Gasteiger partial charge in [-0.25, -0.2) is 0 Å². The smallest absolute Gasteiger partial charge is 0.272 e. The zero-order valence-corrected chi connectivity index (χ0v) is 12.9. The third kappa shape index (κ3) is 3.98. The fourth-order valence-electron chi connectivity index (χ4n) is 2.65. The lowest BCUT2D eigenvalue weighted by atomic mass is 10.2. The predicted octanol–water partition coefficient (Wildman–Crippen LogP) is 1.17. The van der Waals surface area contributed by atoms with Crippen LogP contribution in [0.5, 0.6) is 0 Å². The molecular weight excluding hydrogens is 292 g/mol. The molecule has 2 aromatic rings. The van der Waals surface area contributed by atoms with Crippen molar-refractivity contribution in [3.05, 3.63) is 64.1 Å². The summed E-state index contributed by atoms with van der Waals surface area (Å²) < 4.78 is 0. The van der Waals surface area contributed by atoms with Gasteiger partial charge in [-0.05, 0) is 5.56 Å². The van der Waals surface area contributed by atoms with Crippen LogP contribution >= 0.6 is 0 Å². The van der Waals surface area contributed by atoms with E-state index in [0.29, 0.717) is 18.8 Å². The van der Waals surface area contributed by atoms with Gasteiger partial charge in [0.1, 0.15) is 5.69 Å². The zero-order valence-electron chi connectivity index (χ0n) is 12.9. The number of nitrogens with one attached hydrogen (secondary N) is 2. The molecule has 0 unspecified atom stereocenters. The summed E-state index contributed by atoms with van der Waals surface area (Å²) in [6, 6.07) is 11.5. The number of rotatable bonds is 4. The highest BCUT2D eigenvalue weighted by atomic mass is 16.2. The number of aromatic nitrogens is 2. The van der Waals surface area contributed by atoms with Crippen LogP contribution < -0.4 is 5.56 Å². The molecule has 0 aliphatic carbocycles. The molecule has 0 bridgehead atoms. The van der Waals surface area contributed by atoms with Crippen LogP contribution in [0, 0.1) is 0 Å². The van der Waals surface area contributed by atoms with Crippen molar-refractivity contribution in [2.45, 2.75) is 0 Å². The van der Waals surface area contributed by atoms with Crippen molar-refractivity contribution in [1.29, 1.82) is 0 Å². The van der Waals surface area contributed by atoms with E-state index in [0.717, 1.165) is 19.6 Å². The zero-order chi connectivity index (χ0) is 16.1. The summed E-state index contributed by atoms with van der Waals surface area (Å²) in [6.45, 7) is 3.88. The van der Waals surface area contributed by atoms with E-state index < -0.39 is 0 Å². The van der Waals surface area contributed by atoms with Crippen LogP contribution in [0.3, 0.4) is 0 Å². The number of piperazine rings is 1. The minimum absolute atomic E-state index is 0.122. The van der Waals surface area contributed by atoms with Crippen LogP contribution in [0.4, 0.5) is 0 Å². The highest BCUT2D eigenvalue weighted by Gasteiger charge is 2.22. The second-order valence-corrected chi connectivity index (χ2v) is 5.58. The van der Waals surface area contributed by atoms with E-state index in [1.807, 2.05) is 18.2 Å². The number of hydrogen-bond acceptors (Lipinski definition) is 3. The van der Waals surface area contributed by atoms with Crippen LogP contribution in [-0.2, 0) is 0 Å². The first-order valence-corrected chi connectivity index (χ1v) is 7.73. The maximum atomic E-state index is 12.2. The summed E-state index contributed by atoms with van der Waals surface area (Å²) in [5.74, 6) is -0.122. The SMILES string of the molecule is O=C(c1cc(=O)[nH][nH]1)N1CCN(C/C=C/c2ccccc2)CC1. The summed E-state index contributed by atoms with van der Waals surface area (Å²) in [5, 5.41) is 5.01. The first-order valence-electron chi connectivity index (χ1n) is 7.73. The van der Waals surface area contributed by atoms with Gasteiger partial charge in [0.05, 0.1) is 0 Å². The van der Waals surface area contributed by atoms with Crippen LogP contribution in [0.2, 0.25) is 0 Å². The van der Waals surface area contributed by atoms with Gasteiger partial charge in [0.15, 0.2) is 0 Å². The third-order valence-electron chi connectivity index (χ3n) is 3.96. The maximum Gasteiger partial charge on any atom is 0.272 e. The Hall–Kier alpha value is -2.60. The third-order valence-corrected chi connectivity index (χ3v) is 3.96. The van der Waals surface area contributed by atoms with E-state index in [4.69, 9.17) is 0 Å². The Morgan fingerprint density at radius 1 is 1.09 bits per heavy atom. The number of benzene rings is 1. The first-order chi connectivity index (χ1) is 11.2. The molecule has 23 heavy (non-hydrogen) atoms. The molecule has 1 aliphatic heterocycles. The molecule has 1 saturated heterocycles. The molecular formula is C17H20N4O2. The molecule has 1 aromatic heterocycles. The van der Waals surface area contributed by atoms with Crippen LogP contribution in [-0.4, -0.2) is 58.6 Å². The van der Waals surface area contributed by atoms with E-state index in [-0.39, 0.29) is 11.5 Å². The van der Waals surface area contributed by atoms with Crippen molar-refractivity contribution < 1.29 is 4.79 Å². The molecule has 2 N–H and O–H groups in total. The molecule has 120 valence electrons. The van der Waals surface area contributed by atoms with Gasteiger partial charge >= 0.3 is 0 Å². The van der Waals surface area contributed by atoms with Crippen molar-refractivity contribution in [1.82, 2.24) is 20.0 Å². The van der Waals surface area contributed by atoms with Gasteiger partial charge in [-0.2, -0.15) is 0 Å². The van der Waals surface area contributed by atoms with Crippen LogP contribution in [0.1, 0.15) is 16.1 Å². The minimum atomic E-state index is -0.280. The molecule has 2 heterocycles. The van der Waals surface area contributed by atoms with E-state index >= 15 is 0 Å². The molecule has 1 aliphatic rings. The molecule has 6 nitrogen and oxygen atoms in total. The van der Waals surface area contributed by atoms with Crippen molar-refractivity contribution >= 4 is 12.0 Å². The number of nitrogens with zero attached hydrogens (tertiary/aromatic N) is 2. The standard InChI is InChI=1S/C17H20N4O2/c22-16-13-15(18-19-16)17(23)21-11-9-20(10-12-21)8-4-7-14-5-2-1-3-6-14/h1-7,13H,8-12H2,(H2,18,19,22)/b7-4+. The van der Waals surface area contributed by atoms with Gasteiger partial charge in [0.2, 0.25) is 0 Å². The molecule has 1 fully saturated rings. The fourth-order valence-corrected chi connectivity index (χ4v) is 2.65. The molecule has 0 radical (unpaired) electrons. The number of aromatic amines is 2. The average Bonchev–Trinajstić information content (AvgIpc) is 3.02. The summed E-state index contributed by atoms with van der Waals surface area (Å²) in [5.41, 5.74) is 1.24. The Bertz CT molecular complexity index is 724. The lowest BCUT2D eigenvalue weighted by molar-refractivity contribution is 0.0644. The van der Waals surface area contributed by atoms with E-state index in [2.05, 4.69) is 39.4 Å². The minimum Gasteiger partial charge on any atom is -0.335 e. The molecule has 0 atom stereocenters. The Labute approximate surface area is 134 Å². The Kier molecular flexibility index (Phi) is 4.73. The topological polar surface area (TPSA) is 72.2 Å². The van der Waals surface area contributed by atoms with Crippen LogP contribution in [0.15, 0.2) is 47.3 Å². The average molecular weight is 312 g/mol. The van der Waals surface area contributed by atoms with Crippen LogP contribution in [0.25, 0.3) is 6.08 Å². The summed E-state index contributed by atoms with van der Waals surface area (Å²) in [7, 11) is 0. The predicted molar refractivity (Wildman–Crippen MR) is 89.2 cm³/mol. The van der Waals surface area contributed by atoms with E-state index in [9.17, 15) is 9.59 Å². The second kappa shape index (κ2) is 7.11. The van der Waals surface area contributed by atoms with Crippen molar-refractivity contribution in [2.75, 3.05) is 32.7 Å². The van der Waals surface area contributed by atoms with Crippen molar-refractivity contribution in [3.8, 4) is 0 Å². The Morgan fingerprint density at radius 2 is 1.83 bits per heavy atom. The Balaban J connectivity index is 1.48. The molecule has 3 rings (SSSR count). The molecule has 1 aromatic carbocycles. The van der Waals surface area contributed by atoms with Crippen molar-refractivity contribution in [3.63, 3.8) is 0 Å². The second-order valence-electron chi connectivity index (χ2n) is 5.58. The fraction of sp³-hybridized carbons (Fsp3) is 0.294. The number of hydrogen-bond donors (Lipinski definition) is 2. The monoisotopic (exact) mass is 312 g/mol. The lowest BCUT2D eigenvalue weighted by Crippen LogP contribution is -2.48. The van der Waals surface area contributed by atoms with Gasteiger partial charge in [0.25, 0.3) is 11.5 Å². The van der Waals surface area contributed by atoms with Gasteiger partial charge in [-0.15, -0.1) is 0 Å².